The zero-order chi connectivity index (χ0) is 16.6. The number of hydrazone groups is 1. The van der Waals surface area contributed by atoms with Crippen LogP contribution in [0.25, 0.3) is 0 Å². The molecule has 1 amide bonds. The smallest absolute Gasteiger partial charge is 0.243 e. The monoisotopic (exact) mass is 368 g/mol. The Bertz CT molecular complexity index is 808. The largest absolute Gasteiger partial charge is 0.446 e. The van der Waals surface area contributed by atoms with E-state index in [1.807, 2.05) is 6.07 Å². The first-order chi connectivity index (χ1) is 11.0. The number of nitrogens with zero attached hydrogens (tertiary/aromatic N) is 2. The highest BCUT2D eigenvalue weighted by atomic mass is 35.5. The van der Waals surface area contributed by atoms with Crippen LogP contribution < -0.4 is 0 Å². The molecule has 1 aliphatic heterocycles. The van der Waals surface area contributed by atoms with Crippen molar-refractivity contribution in [3.63, 3.8) is 0 Å². The van der Waals surface area contributed by atoms with E-state index in [4.69, 9.17) is 39.5 Å². The van der Waals surface area contributed by atoms with E-state index in [9.17, 15) is 4.79 Å². The quantitative estimate of drug-likeness (QED) is 0.756. The summed E-state index contributed by atoms with van der Waals surface area (Å²) in [4.78, 5) is 11.9. The van der Waals surface area contributed by atoms with E-state index in [-0.39, 0.29) is 11.8 Å². The Morgan fingerprint density at radius 2 is 1.87 bits per heavy atom. The molecular formula is C16H11Cl3N2O2. The van der Waals surface area contributed by atoms with Gasteiger partial charge in [-0.1, -0.05) is 53.0 Å². The maximum Gasteiger partial charge on any atom is 0.243 e. The summed E-state index contributed by atoms with van der Waals surface area (Å²) < 4.78 is 5.85. The van der Waals surface area contributed by atoms with Crippen LogP contribution in [0.1, 0.15) is 24.3 Å². The van der Waals surface area contributed by atoms with Gasteiger partial charge < -0.3 is 4.74 Å². The third-order valence-electron chi connectivity index (χ3n) is 3.30. The van der Waals surface area contributed by atoms with Crippen molar-refractivity contribution in [1.82, 2.24) is 5.01 Å². The number of hydrogen-bond acceptors (Lipinski definition) is 3. The predicted octanol–water partition coefficient (Wildman–Crippen LogP) is 4.89. The summed E-state index contributed by atoms with van der Waals surface area (Å²) in [6, 6.07) is 12.1. The molecule has 1 atom stereocenters. The lowest BCUT2D eigenvalue weighted by Gasteiger charge is -2.20. The Morgan fingerprint density at radius 3 is 2.52 bits per heavy atom. The minimum atomic E-state index is -0.733. The fraction of sp³-hybridized carbons (Fsp3) is 0.125. The molecule has 0 radical (unpaired) electrons. The average molecular weight is 370 g/mol. The lowest BCUT2D eigenvalue weighted by atomic mass is 10.2. The Morgan fingerprint density at radius 1 is 1.13 bits per heavy atom. The molecule has 0 fully saturated rings. The van der Waals surface area contributed by atoms with Gasteiger partial charge in [-0.2, -0.15) is 5.01 Å². The van der Waals surface area contributed by atoms with E-state index >= 15 is 0 Å². The zero-order valence-electron chi connectivity index (χ0n) is 12.0. The predicted molar refractivity (Wildman–Crippen MR) is 90.8 cm³/mol. The maximum absolute atomic E-state index is 11.9. The van der Waals surface area contributed by atoms with Gasteiger partial charge in [-0.25, -0.2) is 0 Å². The molecule has 0 bridgehead atoms. The molecule has 4 nitrogen and oxygen atoms in total. The van der Waals surface area contributed by atoms with Crippen LogP contribution in [-0.2, 0) is 9.53 Å². The molecule has 23 heavy (non-hydrogen) atoms. The second kappa shape index (κ2) is 6.40. The van der Waals surface area contributed by atoms with Crippen LogP contribution in [-0.4, -0.2) is 16.8 Å². The number of carbonyl (C=O) groups excluding carboxylic acids is 1. The Hall–Kier alpha value is -1.75. The minimum Gasteiger partial charge on any atom is -0.446 e. The summed E-state index contributed by atoms with van der Waals surface area (Å²) in [5.41, 5.74) is 1.20. The lowest BCUT2D eigenvalue weighted by Crippen LogP contribution is -2.25. The summed E-state index contributed by atoms with van der Waals surface area (Å²) >= 11 is 18.3. The SMILES string of the molecule is CC(=O)N1N=C(c2ccc(Cl)cc2Cl)OC1c1ccccc1Cl. The van der Waals surface area contributed by atoms with Gasteiger partial charge in [0.05, 0.1) is 10.6 Å². The highest BCUT2D eigenvalue weighted by Crippen LogP contribution is 2.35. The van der Waals surface area contributed by atoms with Crippen molar-refractivity contribution >= 4 is 46.6 Å². The second-order valence-electron chi connectivity index (χ2n) is 4.88. The van der Waals surface area contributed by atoms with Crippen LogP contribution >= 0.6 is 34.8 Å². The van der Waals surface area contributed by atoms with Crippen LogP contribution in [0.15, 0.2) is 47.6 Å². The summed E-state index contributed by atoms with van der Waals surface area (Å²) in [5, 5.41) is 6.86. The number of carbonyl (C=O) groups is 1. The van der Waals surface area contributed by atoms with Crippen molar-refractivity contribution in [3.05, 3.63) is 68.7 Å². The number of ether oxygens (including phenoxy) is 1. The number of rotatable bonds is 2. The third-order valence-corrected chi connectivity index (χ3v) is 4.19. The molecule has 2 aromatic rings. The number of hydrogen-bond donors (Lipinski definition) is 0. The summed E-state index contributed by atoms with van der Waals surface area (Å²) in [7, 11) is 0. The minimum absolute atomic E-state index is 0.242. The molecule has 0 N–H and O–H groups in total. The van der Waals surface area contributed by atoms with E-state index in [2.05, 4.69) is 5.10 Å². The third kappa shape index (κ3) is 3.15. The number of halogens is 3. The summed E-state index contributed by atoms with van der Waals surface area (Å²) in [6.45, 7) is 1.41. The molecule has 1 unspecified atom stereocenters. The molecule has 7 heteroatoms. The van der Waals surface area contributed by atoms with Crippen LogP contribution in [0.4, 0.5) is 0 Å². The van der Waals surface area contributed by atoms with Crippen LogP contribution in [0, 0.1) is 0 Å². The van der Waals surface area contributed by atoms with Gasteiger partial charge in [0.2, 0.25) is 18.0 Å². The van der Waals surface area contributed by atoms with Crippen LogP contribution in [0.3, 0.4) is 0 Å². The molecule has 0 spiro atoms. The van der Waals surface area contributed by atoms with Gasteiger partial charge in [-0.05, 0) is 24.3 Å². The fourth-order valence-electron chi connectivity index (χ4n) is 2.22. The van der Waals surface area contributed by atoms with E-state index < -0.39 is 6.23 Å². The molecule has 0 saturated carbocycles. The van der Waals surface area contributed by atoms with Crippen LogP contribution in [0.2, 0.25) is 15.1 Å². The molecular weight excluding hydrogens is 359 g/mol. The second-order valence-corrected chi connectivity index (χ2v) is 6.14. The van der Waals surface area contributed by atoms with Crippen molar-refractivity contribution in [2.75, 3.05) is 0 Å². The molecule has 3 rings (SSSR count). The summed E-state index contributed by atoms with van der Waals surface area (Å²) in [5.74, 6) is -0.0261. The van der Waals surface area contributed by atoms with Gasteiger partial charge in [-0.15, -0.1) is 5.10 Å². The molecule has 2 aromatic carbocycles. The standard InChI is InChI=1S/C16H11Cl3N2O2/c1-9(22)21-16(12-4-2-3-5-13(12)18)23-15(20-21)11-7-6-10(17)8-14(11)19/h2-8,16H,1H3. The Balaban J connectivity index is 2.01. The maximum atomic E-state index is 11.9. The van der Waals surface area contributed by atoms with Crippen LogP contribution in [0.5, 0.6) is 0 Å². The fourth-order valence-corrected chi connectivity index (χ4v) is 2.93. The Kier molecular flexibility index (Phi) is 4.48. The molecule has 118 valence electrons. The molecule has 0 aromatic heterocycles. The summed E-state index contributed by atoms with van der Waals surface area (Å²) in [6.07, 6.45) is -0.733. The topological polar surface area (TPSA) is 41.9 Å². The van der Waals surface area contributed by atoms with E-state index in [0.29, 0.717) is 26.2 Å². The van der Waals surface area contributed by atoms with E-state index in [1.54, 1.807) is 36.4 Å². The van der Waals surface area contributed by atoms with Gasteiger partial charge in [0.1, 0.15) is 0 Å². The first-order valence-corrected chi connectivity index (χ1v) is 7.85. The average Bonchev–Trinajstić information content (AvgIpc) is 2.92. The van der Waals surface area contributed by atoms with Crippen molar-refractivity contribution < 1.29 is 9.53 Å². The molecule has 1 heterocycles. The molecule has 0 saturated heterocycles. The van der Waals surface area contributed by atoms with Gasteiger partial charge >= 0.3 is 0 Å². The molecule has 0 aliphatic carbocycles. The highest BCUT2D eigenvalue weighted by molar-refractivity contribution is 6.36. The van der Waals surface area contributed by atoms with Gasteiger partial charge in [0.25, 0.3) is 0 Å². The van der Waals surface area contributed by atoms with Gasteiger partial charge in [-0.3, -0.25) is 4.79 Å². The van der Waals surface area contributed by atoms with Crippen molar-refractivity contribution in [3.8, 4) is 0 Å². The normalized spacial score (nSPS) is 17.0. The zero-order valence-corrected chi connectivity index (χ0v) is 14.2. The number of benzene rings is 2. The Labute approximate surface area is 148 Å². The molecule has 1 aliphatic rings. The first-order valence-electron chi connectivity index (χ1n) is 6.72. The van der Waals surface area contributed by atoms with E-state index in [1.165, 1.54) is 11.9 Å². The van der Waals surface area contributed by atoms with Crippen molar-refractivity contribution in [1.29, 1.82) is 0 Å². The van der Waals surface area contributed by atoms with Crippen molar-refractivity contribution in [2.24, 2.45) is 5.10 Å². The van der Waals surface area contributed by atoms with E-state index in [0.717, 1.165) is 0 Å². The first kappa shape index (κ1) is 16.1. The number of amides is 1. The van der Waals surface area contributed by atoms with Crippen molar-refractivity contribution in [2.45, 2.75) is 13.2 Å². The highest BCUT2D eigenvalue weighted by Gasteiger charge is 2.34. The lowest BCUT2D eigenvalue weighted by molar-refractivity contribution is -0.135. The van der Waals surface area contributed by atoms with Gasteiger partial charge in [0.15, 0.2) is 0 Å². The van der Waals surface area contributed by atoms with Gasteiger partial charge in [0, 0.05) is 22.5 Å².